The zero-order valence-corrected chi connectivity index (χ0v) is 20.9. The van der Waals surface area contributed by atoms with E-state index in [1.54, 1.807) is 42.5 Å². The molecule has 1 aromatic heterocycles. The molecule has 0 aliphatic carbocycles. The Hall–Kier alpha value is -4.05. The summed E-state index contributed by atoms with van der Waals surface area (Å²) in [6.45, 7) is 3.79. The maximum atomic E-state index is 13.1. The monoisotopic (exact) mass is 506 g/mol. The second-order valence-electron chi connectivity index (χ2n) is 8.41. The standard InChI is InChI=1S/C26H26N4O5S/c1-4-22-23(18-12-14-20(15-13-18)36(3,33)34)29-30(26(32)35-22)24(19-10-8-17(2)9-11-19)28-25(31)21-7-5-6-16-27-21/h5-16,22,24H,4H2,1-3H3,(H,28,31). The number of hydrazone groups is 1. The first-order valence-corrected chi connectivity index (χ1v) is 13.2. The second-order valence-corrected chi connectivity index (χ2v) is 10.4. The lowest BCUT2D eigenvalue weighted by Gasteiger charge is -2.34. The number of hydrogen-bond donors (Lipinski definition) is 1. The van der Waals surface area contributed by atoms with Gasteiger partial charge >= 0.3 is 6.09 Å². The Kier molecular flexibility index (Phi) is 7.16. The van der Waals surface area contributed by atoms with E-state index in [9.17, 15) is 18.0 Å². The van der Waals surface area contributed by atoms with Crippen LogP contribution in [-0.2, 0) is 14.6 Å². The number of cyclic esters (lactones) is 1. The Morgan fingerprint density at radius 2 is 1.78 bits per heavy atom. The largest absolute Gasteiger partial charge is 0.438 e. The molecule has 1 aliphatic rings. The van der Waals surface area contributed by atoms with Crippen LogP contribution in [0.4, 0.5) is 4.79 Å². The fourth-order valence-electron chi connectivity index (χ4n) is 3.74. The summed E-state index contributed by atoms with van der Waals surface area (Å²) in [7, 11) is -3.37. The molecular weight excluding hydrogens is 480 g/mol. The van der Waals surface area contributed by atoms with Crippen LogP contribution in [0.15, 0.2) is 82.9 Å². The van der Waals surface area contributed by atoms with Gasteiger partial charge in [-0.25, -0.2) is 13.2 Å². The average molecular weight is 507 g/mol. The van der Waals surface area contributed by atoms with E-state index >= 15 is 0 Å². The highest BCUT2D eigenvalue weighted by Gasteiger charge is 2.36. The van der Waals surface area contributed by atoms with E-state index < -0.39 is 34.1 Å². The van der Waals surface area contributed by atoms with Gasteiger partial charge in [-0.1, -0.05) is 55.0 Å². The number of benzene rings is 2. The molecule has 0 saturated carbocycles. The van der Waals surface area contributed by atoms with Gasteiger partial charge in [-0.3, -0.25) is 9.78 Å². The molecule has 2 amide bonds. The van der Waals surface area contributed by atoms with Crippen molar-refractivity contribution in [3.05, 3.63) is 95.3 Å². The maximum Gasteiger partial charge on any atom is 0.433 e. The summed E-state index contributed by atoms with van der Waals surface area (Å²) in [5.41, 5.74) is 2.86. The normalized spacial score (nSPS) is 16.6. The topological polar surface area (TPSA) is 118 Å². The first-order chi connectivity index (χ1) is 17.2. The second kappa shape index (κ2) is 10.3. The highest BCUT2D eigenvalue weighted by molar-refractivity contribution is 7.90. The molecule has 4 rings (SSSR count). The SMILES string of the molecule is CCC1OC(=O)N(C(NC(=O)c2ccccn2)c2ccc(C)cc2)N=C1c1ccc(S(C)(=O)=O)cc1. The van der Waals surface area contributed by atoms with Gasteiger partial charge in [0.05, 0.1) is 4.90 Å². The number of aromatic nitrogens is 1. The average Bonchev–Trinajstić information content (AvgIpc) is 2.88. The molecule has 9 nitrogen and oxygen atoms in total. The Bertz CT molecular complexity index is 1390. The van der Waals surface area contributed by atoms with Gasteiger partial charge in [0.1, 0.15) is 17.5 Å². The van der Waals surface area contributed by atoms with E-state index in [4.69, 9.17) is 4.74 Å². The van der Waals surface area contributed by atoms with Crippen LogP contribution in [-0.4, -0.2) is 48.5 Å². The number of rotatable bonds is 7. The summed E-state index contributed by atoms with van der Waals surface area (Å²) in [5, 5.41) is 8.55. The van der Waals surface area contributed by atoms with Crippen molar-refractivity contribution in [1.82, 2.24) is 15.3 Å². The number of nitrogens with one attached hydrogen (secondary N) is 1. The van der Waals surface area contributed by atoms with Gasteiger partial charge in [0.15, 0.2) is 16.0 Å². The van der Waals surface area contributed by atoms with Crippen molar-refractivity contribution in [3.8, 4) is 0 Å². The van der Waals surface area contributed by atoms with E-state index in [-0.39, 0.29) is 10.6 Å². The minimum atomic E-state index is -3.37. The predicted molar refractivity (Wildman–Crippen MR) is 134 cm³/mol. The van der Waals surface area contributed by atoms with Crippen LogP contribution < -0.4 is 5.32 Å². The third kappa shape index (κ3) is 5.44. The lowest BCUT2D eigenvalue weighted by atomic mass is 10.0. The minimum absolute atomic E-state index is 0.171. The van der Waals surface area contributed by atoms with Crippen LogP contribution in [0.1, 0.15) is 46.7 Å². The third-order valence-electron chi connectivity index (χ3n) is 5.70. The summed E-state index contributed by atoms with van der Waals surface area (Å²) < 4.78 is 29.4. The van der Waals surface area contributed by atoms with Gasteiger partial charge in [0.2, 0.25) is 0 Å². The molecule has 0 spiro atoms. The quantitative estimate of drug-likeness (QED) is 0.520. The molecule has 0 saturated heterocycles. The number of hydrogen-bond acceptors (Lipinski definition) is 7. The Morgan fingerprint density at radius 3 is 2.36 bits per heavy atom. The summed E-state index contributed by atoms with van der Waals surface area (Å²) >= 11 is 0. The van der Waals surface area contributed by atoms with Crippen molar-refractivity contribution in [2.45, 2.75) is 37.4 Å². The van der Waals surface area contributed by atoms with Crippen molar-refractivity contribution < 1.29 is 22.7 Å². The fourth-order valence-corrected chi connectivity index (χ4v) is 4.37. The number of nitrogens with zero attached hydrogens (tertiary/aromatic N) is 3. The molecule has 1 N–H and O–H groups in total. The number of pyridine rings is 1. The van der Waals surface area contributed by atoms with Gasteiger partial charge in [-0.2, -0.15) is 10.1 Å². The van der Waals surface area contributed by atoms with Crippen LogP contribution >= 0.6 is 0 Å². The van der Waals surface area contributed by atoms with Crippen molar-refractivity contribution in [2.24, 2.45) is 5.10 Å². The van der Waals surface area contributed by atoms with Gasteiger partial charge in [-0.05, 0) is 43.2 Å². The van der Waals surface area contributed by atoms with Gasteiger partial charge < -0.3 is 10.1 Å². The van der Waals surface area contributed by atoms with Gasteiger partial charge in [0.25, 0.3) is 5.91 Å². The molecule has 2 unspecified atom stereocenters. The lowest BCUT2D eigenvalue weighted by Crippen LogP contribution is -2.48. The predicted octanol–water partition coefficient (Wildman–Crippen LogP) is 3.86. The summed E-state index contributed by atoms with van der Waals surface area (Å²) in [5.74, 6) is -0.485. The summed E-state index contributed by atoms with van der Waals surface area (Å²) in [4.78, 5) is 30.3. The molecule has 3 aromatic rings. The van der Waals surface area contributed by atoms with Crippen LogP contribution in [0.25, 0.3) is 0 Å². The van der Waals surface area contributed by atoms with Crippen LogP contribution in [0.3, 0.4) is 0 Å². The zero-order chi connectivity index (χ0) is 25.9. The molecule has 10 heteroatoms. The van der Waals surface area contributed by atoms with Crippen LogP contribution in [0, 0.1) is 6.92 Å². The molecule has 1 aliphatic heterocycles. The summed E-state index contributed by atoms with van der Waals surface area (Å²) in [6, 6.07) is 18.5. The van der Waals surface area contributed by atoms with Crippen LogP contribution in [0.2, 0.25) is 0 Å². The molecule has 2 heterocycles. The number of carbonyl (C=O) groups is 2. The number of sulfone groups is 1. The minimum Gasteiger partial charge on any atom is -0.438 e. The highest BCUT2D eigenvalue weighted by Crippen LogP contribution is 2.27. The smallest absolute Gasteiger partial charge is 0.433 e. The van der Waals surface area contributed by atoms with E-state index in [0.29, 0.717) is 23.3 Å². The number of amides is 2. The molecule has 0 bridgehead atoms. The Labute approximate surface area is 209 Å². The fraction of sp³-hybridized carbons (Fsp3) is 0.231. The van der Waals surface area contributed by atoms with E-state index in [1.165, 1.54) is 18.3 Å². The molecule has 0 radical (unpaired) electrons. The molecular formula is C26H26N4O5S. The lowest BCUT2D eigenvalue weighted by molar-refractivity contribution is 0.0492. The van der Waals surface area contributed by atoms with Crippen molar-refractivity contribution >= 4 is 27.5 Å². The van der Waals surface area contributed by atoms with Crippen molar-refractivity contribution in [1.29, 1.82) is 0 Å². The molecule has 2 atom stereocenters. The third-order valence-corrected chi connectivity index (χ3v) is 6.83. The molecule has 186 valence electrons. The molecule has 36 heavy (non-hydrogen) atoms. The van der Waals surface area contributed by atoms with E-state index in [0.717, 1.165) is 16.8 Å². The number of aryl methyl sites for hydroxylation is 1. The van der Waals surface area contributed by atoms with Gasteiger partial charge in [-0.15, -0.1) is 0 Å². The van der Waals surface area contributed by atoms with Gasteiger partial charge in [0, 0.05) is 18.0 Å². The maximum absolute atomic E-state index is 13.1. The highest BCUT2D eigenvalue weighted by atomic mass is 32.2. The van der Waals surface area contributed by atoms with Crippen molar-refractivity contribution in [2.75, 3.05) is 6.26 Å². The Morgan fingerprint density at radius 1 is 1.08 bits per heavy atom. The molecule has 2 aromatic carbocycles. The number of carbonyl (C=O) groups excluding carboxylic acids is 2. The van der Waals surface area contributed by atoms with E-state index in [2.05, 4.69) is 15.4 Å². The first-order valence-electron chi connectivity index (χ1n) is 11.3. The first kappa shape index (κ1) is 25.1. The van der Waals surface area contributed by atoms with Crippen LogP contribution in [0.5, 0.6) is 0 Å². The Balaban J connectivity index is 1.76. The zero-order valence-electron chi connectivity index (χ0n) is 20.1. The summed E-state index contributed by atoms with van der Waals surface area (Å²) in [6.07, 6.45) is 0.771. The molecule has 0 fully saturated rings. The van der Waals surface area contributed by atoms with E-state index in [1.807, 2.05) is 26.0 Å². The van der Waals surface area contributed by atoms with Crippen molar-refractivity contribution in [3.63, 3.8) is 0 Å². The number of ether oxygens (including phenoxy) is 1.